The molecule has 8 nitrogen and oxygen atoms in total. The van der Waals surface area contributed by atoms with Gasteiger partial charge in [0.05, 0.1) is 36.9 Å². The van der Waals surface area contributed by atoms with Gasteiger partial charge in [-0.2, -0.15) is 0 Å². The number of ether oxygens (including phenoxy) is 2. The van der Waals surface area contributed by atoms with Gasteiger partial charge in [-0.1, -0.05) is 12.1 Å². The monoisotopic (exact) mass is 420 g/mol. The second kappa shape index (κ2) is 9.42. The number of sulfonamides is 1. The number of hydrogen-bond acceptors (Lipinski definition) is 6. The van der Waals surface area contributed by atoms with E-state index in [1.165, 1.54) is 20.1 Å². The molecule has 1 unspecified atom stereocenters. The number of nitrogens with one attached hydrogen (secondary N) is 1. The van der Waals surface area contributed by atoms with E-state index in [2.05, 4.69) is 5.32 Å². The van der Waals surface area contributed by atoms with E-state index in [0.29, 0.717) is 11.4 Å². The highest BCUT2D eigenvalue weighted by molar-refractivity contribution is 7.92. The minimum Gasteiger partial charge on any atom is -0.497 e. The van der Waals surface area contributed by atoms with Crippen molar-refractivity contribution in [2.45, 2.75) is 19.9 Å². The fourth-order valence-corrected chi connectivity index (χ4v) is 3.93. The maximum Gasteiger partial charge on any atom is 0.340 e. The molecule has 29 heavy (non-hydrogen) atoms. The molecule has 0 spiro atoms. The van der Waals surface area contributed by atoms with Crippen LogP contribution in [0.4, 0.5) is 11.4 Å². The van der Waals surface area contributed by atoms with Gasteiger partial charge in [0, 0.05) is 0 Å². The average molecular weight is 420 g/mol. The lowest BCUT2D eigenvalue weighted by atomic mass is 10.1. The number of para-hydroxylation sites is 1. The Morgan fingerprint density at radius 1 is 1.10 bits per heavy atom. The fraction of sp³-hybridized carbons (Fsp3) is 0.300. The number of amides is 1. The zero-order chi connectivity index (χ0) is 21.6. The van der Waals surface area contributed by atoms with Crippen LogP contribution in [0.15, 0.2) is 48.5 Å². The molecule has 0 bridgehead atoms. The number of methoxy groups -OCH3 is 1. The van der Waals surface area contributed by atoms with Gasteiger partial charge in [-0.15, -0.1) is 0 Å². The molecule has 0 saturated carbocycles. The van der Waals surface area contributed by atoms with Gasteiger partial charge in [-0.3, -0.25) is 9.10 Å². The highest BCUT2D eigenvalue weighted by Crippen LogP contribution is 2.25. The third kappa shape index (κ3) is 5.47. The molecule has 1 amide bonds. The first-order valence-corrected chi connectivity index (χ1v) is 10.7. The molecule has 0 aliphatic carbocycles. The molecule has 0 heterocycles. The van der Waals surface area contributed by atoms with Gasteiger partial charge in [0.2, 0.25) is 15.9 Å². The van der Waals surface area contributed by atoms with E-state index in [1.807, 2.05) is 0 Å². The summed E-state index contributed by atoms with van der Waals surface area (Å²) in [5, 5.41) is 2.62. The van der Waals surface area contributed by atoms with E-state index in [9.17, 15) is 18.0 Å². The first-order chi connectivity index (χ1) is 13.7. The summed E-state index contributed by atoms with van der Waals surface area (Å²) in [5.74, 6) is -0.614. The van der Waals surface area contributed by atoms with E-state index >= 15 is 0 Å². The summed E-state index contributed by atoms with van der Waals surface area (Å²) in [6.45, 7) is 3.34. The topological polar surface area (TPSA) is 102 Å². The van der Waals surface area contributed by atoms with Gasteiger partial charge >= 0.3 is 5.97 Å². The molecule has 2 rings (SSSR count). The van der Waals surface area contributed by atoms with Crippen molar-refractivity contribution in [3.63, 3.8) is 0 Å². The molecule has 0 aromatic heterocycles. The Bertz CT molecular complexity index is 973. The van der Waals surface area contributed by atoms with Crippen LogP contribution in [0, 0.1) is 0 Å². The summed E-state index contributed by atoms with van der Waals surface area (Å²) in [6, 6.07) is 11.6. The van der Waals surface area contributed by atoms with Crippen LogP contribution in [-0.2, 0) is 19.6 Å². The molecular formula is C20H24N2O6S. The second-order valence-corrected chi connectivity index (χ2v) is 8.05. The van der Waals surface area contributed by atoms with E-state index in [0.717, 1.165) is 10.6 Å². The smallest absolute Gasteiger partial charge is 0.340 e. The Hall–Kier alpha value is -3.07. The summed E-state index contributed by atoms with van der Waals surface area (Å²) >= 11 is 0. The van der Waals surface area contributed by atoms with Crippen LogP contribution in [0.1, 0.15) is 24.2 Å². The Labute approximate surface area is 170 Å². The molecule has 0 radical (unpaired) electrons. The van der Waals surface area contributed by atoms with Crippen molar-refractivity contribution in [3.05, 3.63) is 54.1 Å². The van der Waals surface area contributed by atoms with Crippen molar-refractivity contribution in [1.29, 1.82) is 0 Å². The Balaban J connectivity index is 2.32. The lowest BCUT2D eigenvalue weighted by molar-refractivity contribution is -0.116. The van der Waals surface area contributed by atoms with Gasteiger partial charge in [-0.05, 0) is 50.2 Å². The number of carbonyl (C=O) groups excluding carboxylic acids is 2. The van der Waals surface area contributed by atoms with Crippen molar-refractivity contribution >= 4 is 33.3 Å². The van der Waals surface area contributed by atoms with E-state index in [1.54, 1.807) is 49.4 Å². The SMILES string of the molecule is CCOC(=O)c1ccccc1NC(=O)C(C)N(c1ccc(OC)cc1)S(C)(=O)=O. The van der Waals surface area contributed by atoms with Crippen LogP contribution < -0.4 is 14.4 Å². The van der Waals surface area contributed by atoms with Gasteiger partial charge in [0.25, 0.3) is 0 Å². The maximum absolute atomic E-state index is 12.8. The molecule has 0 aliphatic heterocycles. The maximum atomic E-state index is 12.8. The van der Waals surface area contributed by atoms with Crippen molar-refractivity contribution in [1.82, 2.24) is 0 Å². The zero-order valence-corrected chi connectivity index (χ0v) is 17.5. The molecule has 0 fully saturated rings. The number of rotatable bonds is 8. The Morgan fingerprint density at radius 3 is 2.28 bits per heavy atom. The fourth-order valence-electron chi connectivity index (χ4n) is 2.75. The van der Waals surface area contributed by atoms with Crippen LogP contribution in [0.25, 0.3) is 0 Å². The average Bonchev–Trinajstić information content (AvgIpc) is 2.68. The summed E-state index contributed by atoms with van der Waals surface area (Å²) in [5.41, 5.74) is 0.742. The van der Waals surface area contributed by atoms with Crippen LogP contribution in [0.5, 0.6) is 5.75 Å². The number of hydrogen-bond donors (Lipinski definition) is 1. The molecule has 0 aliphatic rings. The highest BCUT2D eigenvalue weighted by atomic mass is 32.2. The van der Waals surface area contributed by atoms with Crippen LogP contribution in [-0.4, -0.2) is 46.3 Å². The summed E-state index contributed by atoms with van der Waals surface area (Å²) in [4.78, 5) is 24.9. The van der Waals surface area contributed by atoms with Gasteiger partial charge in [0.15, 0.2) is 0 Å². The Kier molecular flexibility index (Phi) is 7.22. The third-order valence-corrected chi connectivity index (χ3v) is 5.34. The molecule has 9 heteroatoms. The molecule has 1 atom stereocenters. The van der Waals surface area contributed by atoms with Gasteiger partial charge in [-0.25, -0.2) is 13.2 Å². The largest absolute Gasteiger partial charge is 0.497 e. The molecule has 0 saturated heterocycles. The third-order valence-electron chi connectivity index (χ3n) is 4.10. The standard InChI is InChI=1S/C20H24N2O6S/c1-5-28-20(24)17-8-6-7-9-18(17)21-19(23)14(2)22(29(4,25)26)15-10-12-16(27-3)13-11-15/h6-14H,5H2,1-4H3,(H,21,23). The lowest BCUT2D eigenvalue weighted by Gasteiger charge is -2.28. The van der Waals surface area contributed by atoms with Gasteiger partial charge < -0.3 is 14.8 Å². The molecule has 2 aromatic rings. The number of anilines is 2. The summed E-state index contributed by atoms with van der Waals surface area (Å²) < 4.78 is 35.9. The first-order valence-electron chi connectivity index (χ1n) is 8.89. The first kappa shape index (κ1) is 22.2. The number of benzene rings is 2. The molecule has 1 N–H and O–H groups in total. The molecular weight excluding hydrogens is 396 g/mol. The summed E-state index contributed by atoms with van der Waals surface area (Å²) in [7, 11) is -2.27. The highest BCUT2D eigenvalue weighted by Gasteiger charge is 2.30. The zero-order valence-electron chi connectivity index (χ0n) is 16.7. The van der Waals surface area contributed by atoms with Crippen LogP contribution in [0.2, 0.25) is 0 Å². The second-order valence-electron chi connectivity index (χ2n) is 6.19. The number of carbonyl (C=O) groups is 2. The predicted octanol–water partition coefficient (Wildman–Crippen LogP) is 2.67. The van der Waals surface area contributed by atoms with E-state index in [-0.39, 0.29) is 17.9 Å². The molecule has 156 valence electrons. The van der Waals surface area contributed by atoms with Crippen molar-refractivity contribution in [3.8, 4) is 5.75 Å². The number of nitrogens with zero attached hydrogens (tertiary/aromatic N) is 1. The Morgan fingerprint density at radius 2 is 1.72 bits per heavy atom. The van der Waals surface area contributed by atoms with E-state index in [4.69, 9.17) is 9.47 Å². The lowest BCUT2D eigenvalue weighted by Crippen LogP contribution is -2.45. The molecule has 2 aromatic carbocycles. The van der Waals surface area contributed by atoms with Gasteiger partial charge in [0.1, 0.15) is 11.8 Å². The van der Waals surface area contributed by atoms with E-state index < -0.39 is 27.9 Å². The van der Waals surface area contributed by atoms with Crippen LogP contribution >= 0.6 is 0 Å². The van der Waals surface area contributed by atoms with Crippen LogP contribution in [0.3, 0.4) is 0 Å². The number of esters is 1. The minimum atomic E-state index is -3.77. The van der Waals surface area contributed by atoms with Crippen molar-refractivity contribution in [2.75, 3.05) is 29.6 Å². The summed E-state index contributed by atoms with van der Waals surface area (Å²) in [6.07, 6.45) is 1.02. The van der Waals surface area contributed by atoms with Crippen molar-refractivity contribution < 1.29 is 27.5 Å². The predicted molar refractivity (Wildman–Crippen MR) is 111 cm³/mol. The normalized spacial score (nSPS) is 12.0. The quantitative estimate of drug-likeness (QED) is 0.659. The minimum absolute atomic E-state index is 0.185. The van der Waals surface area contributed by atoms with Crippen molar-refractivity contribution in [2.24, 2.45) is 0 Å².